The van der Waals surface area contributed by atoms with Crippen molar-refractivity contribution in [2.45, 2.75) is 17.7 Å². The number of nitrogens with one attached hydrogen (secondary N) is 1. The molecule has 1 aliphatic rings. The Hall–Kier alpha value is -1.12. The number of hydrogen-bond donors (Lipinski definition) is 1. The molecule has 9 heteroatoms. The molecule has 1 heterocycles. The maximum atomic E-state index is 12.9. The first-order valence-electron chi connectivity index (χ1n) is 8.29. The third-order valence-corrected chi connectivity index (χ3v) is 7.54. The van der Waals surface area contributed by atoms with E-state index in [4.69, 9.17) is 23.2 Å². The van der Waals surface area contributed by atoms with Crippen LogP contribution in [-0.4, -0.2) is 31.7 Å². The Kier molecular flexibility index (Phi) is 6.48. The molecule has 1 atom stereocenters. The monoisotopic (exact) mass is 490 g/mol. The fourth-order valence-corrected chi connectivity index (χ4v) is 5.03. The number of anilines is 1. The van der Waals surface area contributed by atoms with Crippen LogP contribution in [0, 0.1) is 5.92 Å². The Morgan fingerprint density at radius 3 is 2.48 bits per heavy atom. The van der Waals surface area contributed by atoms with Gasteiger partial charge in [0.15, 0.2) is 0 Å². The van der Waals surface area contributed by atoms with E-state index in [9.17, 15) is 13.2 Å². The van der Waals surface area contributed by atoms with Crippen LogP contribution in [0.3, 0.4) is 0 Å². The van der Waals surface area contributed by atoms with Crippen LogP contribution in [0.5, 0.6) is 0 Å². The lowest BCUT2D eigenvalue weighted by Gasteiger charge is -2.31. The fourth-order valence-electron chi connectivity index (χ4n) is 2.95. The van der Waals surface area contributed by atoms with Gasteiger partial charge in [0, 0.05) is 23.2 Å². The van der Waals surface area contributed by atoms with Gasteiger partial charge in [-0.05, 0) is 55.3 Å². The predicted molar refractivity (Wildman–Crippen MR) is 111 cm³/mol. The summed E-state index contributed by atoms with van der Waals surface area (Å²) in [5, 5.41) is 3.54. The summed E-state index contributed by atoms with van der Waals surface area (Å²) in [5.41, 5.74) is 0.530. The first-order chi connectivity index (χ1) is 12.8. The van der Waals surface area contributed by atoms with Crippen molar-refractivity contribution in [3.05, 3.63) is 57.0 Å². The highest BCUT2D eigenvalue weighted by molar-refractivity contribution is 9.10. The van der Waals surface area contributed by atoms with Crippen LogP contribution in [0.25, 0.3) is 0 Å². The van der Waals surface area contributed by atoms with Crippen molar-refractivity contribution < 1.29 is 13.2 Å². The average molecular weight is 492 g/mol. The Bertz CT molecular complexity index is 952. The summed E-state index contributed by atoms with van der Waals surface area (Å²) in [6.45, 7) is 0.542. The quantitative estimate of drug-likeness (QED) is 0.668. The number of halogens is 3. The Morgan fingerprint density at radius 1 is 1.11 bits per heavy atom. The van der Waals surface area contributed by atoms with Crippen molar-refractivity contribution in [3.63, 3.8) is 0 Å². The number of hydrogen-bond acceptors (Lipinski definition) is 3. The van der Waals surface area contributed by atoms with E-state index in [1.165, 1.54) is 4.31 Å². The largest absolute Gasteiger partial charge is 0.326 e. The molecule has 0 bridgehead atoms. The van der Waals surface area contributed by atoms with Gasteiger partial charge in [0.1, 0.15) is 0 Å². The molecule has 3 rings (SSSR count). The molecule has 2 aromatic carbocycles. The van der Waals surface area contributed by atoms with Crippen LogP contribution in [0.4, 0.5) is 5.69 Å². The molecule has 1 saturated heterocycles. The lowest BCUT2D eigenvalue weighted by Crippen LogP contribution is -2.43. The minimum Gasteiger partial charge on any atom is -0.326 e. The Labute approximate surface area is 176 Å². The van der Waals surface area contributed by atoms with Crippen LogP contribution < -0.4 is 5.32 Å². The van der Waals surface area contributed by atoms with Crippen molar-refractivity contribution >= 4 is 60.7 Å². The van der Waals surface area contributed by atoms with Gasteiger partial charge in [0.25, 0.3) is 0 Å². The molecular weight excluding hydrogens is 475 g/mol. The summed E-state index contributed by atoms with van der Waals surface area (Å²) in [6.07, 6.45) is 1.24. The molecule has 1 N–H and O–H groups in total. The molecule has 5 nitrogen and oxygen atoms in total. The smallest absolute Gasteiger partial charge is 0.243 e. The van der Waals surface area contributed by atoms with Gasteiger partial charge in [0.05, 0.1) is 20.9 Å². The van der Waals surface area contributed by atoms with E-state index < -0.39 is 15.9 Å². The number of piperidine rings is 1. The van der Waals surface area contributed by atoms with Gasteiger partial charge >= 0.3 is 0 Å². The fraction of sp³-hybridized carbons (Fsp3) is 0.278. The second-order valence-electron chi connectivity index (χ2n) is 6.27. The third kappa shape index (κ3) is 4.84. The van der Waals surface area contributed by atoms with E-state index in [1.54, 1.807) is 42.5 Å². The molecule has 0 radical (unpaired) electrons. The zero-order chi connectivity index (χ0) is 19.6. The number of carbonyl (C=O) groups is 1. The molecule has 0 spiro atoms. The Morgan fingerprint density at radius 2 is 1.81 bits per heavy atom. The molecule has 1 aliphatic heterocycles. The number of amides is 1. The van der Waals surface area contributed by atoms with Crippen molar-refractivity contribution in [1.29, 1.82) is 0 Å². The van der Waals surface area contributed by atoms with E-state index in [-0.39, 0.29) is 17.3 Å². The van der Waals surface area contributed by atoms with E-state index in [1.807, 2.05) is 0 Å². The maximum Gasteiger partial charge on any atom is 0.243 e. The van der Waals surface area contributed by atoms with Gasteiger partial charge in [-0.15, -0.1) is 0 Å². The molecule has 144 valence electrons. The number of carbonyl (C=O) groups excluding carboxylic acids is 1. The van der Waals surface area contributed by atoms with Crippen LogP contribution in [0.2, 0.25) is 10.0 Å². The van der Waals surface area contributed by atoms with Gasteiger partial charge < -0.3 is 5.32 Å². The number of benzene rings is 2. The summed E-state index contributed by atoms with van der Waals surface area (Å²) in [6, 6.07) is 11.3. The minimum atomic E-state index is -3.64. The normalized spacial score (nSPS) is 18.3. The zero-order valence-corrected chi connectivity index (χ0v) is 18.1. The standard InChI is InChI=1S/C18H17BrCl2N2O3S/c19-13-3-6-15(7-4-13)27(25,26)23-9-1-2-12(11-23)18(24)22-14-5-8-16(20)17(21)10-14/h3-8,10,12H,1-2,9,11H2,(H,22,24). The third-order valence-electron chi connectivity index (χ3n) is 4.39. The number of sulfonamides is 1. The summed E-state index contributed by atoms with van der Waals surface area (Å²) in [7, 11) is -3.64. The molecule has 1 unspecified atom stereocenters. The molecule has 0 saturated carbocycles. The molecule has 1 fully saturated rings. The molecule has 1 amide bonds. The zero-order valence-electron chi connectivity index (χ0n) is 14.2. The highest BCUT2D eigenvalue weighted by Gasteiger charge is 2.33. The van der Waals surface area contributed by atoms with Crippen molar-refractivity contribution in [3.8, 4) is 0 Å². The molecule has 0 aliphatic carbocycles. The molecule has 27 heavy (non-hydrogen) atoms. The first kappa shape index (κ1) is 20.6. The maximum absolute atomic E-state index is 12.9. The van der Waals surface area contributed by atoms with E-state index >= 15 is 0 Å². The predicted octanol–water partition coefficient (Wildman–Crippen LogP) is 4.80. The van der Waals surface area contributed by atoms with E-state index in [0.717, 1.165) is 4.47 Å². The number of rotatable bonds is 4. The summed E-state index contributed by atoms with van der Waals surface area (Å²) >= 11 is 15.2. The topological polar surface area (TPSA) is 66.5 Å². The lowest BCUT2D eigenvalue weighted by molar-refractivity contribution is -0.120. The van der Waals surface area contributed by atoms with Gasteiger partial charge in [-0.25, -0.2) is 8.42 Å². The highest BCUT2D eigenvalue weighted by atomic mass is 79.9. The van der Waals surface area contributed by atoms with Crippen LogP contribution in [0.1, 0.15) is 12.8 Å². The minimum absolute atomic E-state index is 0.144. The average Bonchev–Trinajstić information content (AvgIpc) is 2.65. The van der Waals surface area contributed by atoms with Crippen molar-refractivity contribution in [1.82, 2.24) is 4.31 Å². The van der Waals surface area contributed by atoms with Gasteiger partial charge in [-0.2, -0.15) is 4.31 Å². The highest BCUT2D eigenvalue weighted by Crippen LogP contribution is 2.28. The summed E-state index contributed by atoms with van der Waals surface area (Å²) < 4.78 is 27.9. The van der Waals surface area contributed by atoms with Crippen LogP contribution >= 0.6 is 39.1 Å². The first-order valence-corrected chi connectivity index (χ1v) is 11.3. The Balaban J connectivity index is 1.72. The SMILES string of the molecule is O=C(Nc1ccc(Cl)c(Cl)c1)C1CCCN(S(=O)(=O)c2ccc(Br)cc2)C1. The van der Waals surface area contributed by atoms with Gasteiger partial charge in [-0.1, -0.05) is 39.1 Å². The van der Waals surface area contributed by atoms with Crippen LogP contribution in [-0.2, 0) is 14.8 Å². The van der Waals surface area contributed by atoms with Gasteiger partial charge in [-0.3, -0.25) is 4.79 Å². The summed E-state index contributed by atoms with van der Waals surface area (Å²) in [4.78, 5) is 12.8. The number of nitrogens with zero attached hydrogens (tertiary/aromatic N) is 1. The molecular formula is C18H17BrCl2N2O3S. The van der Waals surface area contributed by atoms with Crippen LogP contribution in [0.15, 0.2) is 51.8 Å². The lowest BCUT2D eigenvalue weighted by atomic mass is 9.99. The van der Waals surface area contributed by atoms with Crippen molar-refractivity contribution in [2.24, 2.45) is 5.92 Å². The summed E-state index contributed by atoms with van der Waals surface area (Å²) in [5.74, 6) is -0.664. The molecule has 2 aromatic rings. The molecule has 0 aromatic heterocycles. The van der Waals surface area contributed by atoms with E-state index in [2.05, 4.69) is 21.2 Å². The second-order valence-corrected chi connectivity index (χ2v) is 9.94. The second kappa shape index (κ2) is 8.49. The van der Waals surface area contributed by atoms with Gasteiger partial charge in [0.2, 0.25) is 15.9 Å². The van der Waals surface area contributed by atoms with Crippen molar-refractivity contribution in [2.75, 3.05) is 18.4 Å². The van der Waals surface area contributed by atoms with E-state index in [0.29, 0.717) is 35.1 Å².